The summed E-state index contributed by atoms with van der Waals surface area (Å²) in [5, 5.41) is 3.96. The Kier molecular flexibility index (Phi) is 3.96. The summed E-state index contributed by atoms with van der Waals surface area (Å²) in [6.45, 7) is 0. The van der Waals surface area contributed by atoms with Gasteiger partial charge in [0, 0.05) is 18.8 Å². The molecule has 0 saturated carbocycles. The van der Waals surface area contributed by atoms with Crippen molar-refractivity contribution >= 4 is 25.8 Å². The number of aromatic nitrogens is 2. The van der Waals surface area contributed by atoms with E-state index in [0.717, 1.165) is 0 Å². The number of hydrogen-bond acceptors (Lipinski definition) is 4. The average molecular weight is 345 g/mol. The lowest BCUT2D eigenvalue weighted by Gasteiger charge is -2.07. The van der Waals surface area contributed by atoms with Crippen LogP contribution in [-0.2, 0) is 22.6 Å². The number of halogens is 1. The van der Waals surface area contributed by atoms with Gasteiger partial charge in [0.1, 0.15) is 5.75 Å². The zero-order chi connectivity index (χ0) is 14.0. The first kappa shape index (κ1) is 14.1. The molecule has 0 aliphatic heterocycles. The Hall–Kier alpha value is -1.34. The average Bonchev–Trinajstić information content (AvgIpc) is 2.73. The van der Waals surface area contributed by atoms with Crippen LogP contribution < -0.4 is 4.74 Å². The minimum atomic E-state index is -3.39. The molecule has 0 aliphatic rings. The van der Waals surface area contributed by atoms with Crippen LogP contribution in [0.25, 0.3) is 0 Å². The van der Waals surface area contributed by atoms with Crippen LogP contribution in [0.4, 0.5) is 0 Å². The molecule has 0 spiro atoms. The SMILES string of the molecule is COc1ccc(S(=O)(=O)Cc2cnn(C)c2)cc1Br. The molecule has 0 N–H and O–H groups in total. The van der Waals surface area contributed by atoms with Crippen molar-refractivity contribution in [2.24, 2.45) is 7.05 Å². The molecular weight excluding hydrogens is 332 g/mol. The van der Waals surface area contributed by atoms with Crippen LogP contribution in [0.5, 0.6) is 5.75 Å². The van der Waals surface area contributed by atoms with Gasteiger partial charge in [-0.15, -0.1) is 0 Å². The van der Waals surface area contributed by atoms with E-state index in [-0.39, 0.29) is 10.6 Å². The van der Waals surface area contributed by atoms with Crippen molar-refractivity contribution in [1.82, 2.24) is 9.78 Å². The van der Waals surface area contributed by atoms with Crippen LogP contribution in [0.15, 0.2) is 40.0 Å². The third-order valence-corrected chi connectivity index (χ3v) is 4.90. The highest BCUT2D eigenvalue weighted by atomic mass is 79.9. The number of ether oxygens (including phenoxy) is 1. The summed E-state index contributed by atoms with van der Waals surface area (Å²) in [7, 11) is -0.105. The summed E-state index contributed by atoms with van der Waals surface area (Å²) >= 11 is 3.28. The van der Waals surface area contributed by atoms with Crippen molar-refractivity contribution in [3.8, 4) is 5.75 Å². The van der Waals surface area contributed by atoms with Crippen molar-refractivity contribution in [2.45, 2.75) is 10.6 Å². The van der Waals surface area contributed by atoms with Crippen LogP contribution >= 0.6 is 15.9 Å². The number of rotatable bonds is 4. The van der Waals surface area contributed by atoms with Gasteiger partial charge in [-0.3, -0.25) is 4.68 Å². The van der Waals surface area contributed by atoms with E-state index < -0.39 is 9.84 Å². The van der Waals surface area contributed by atoms with Crippen LogP contribution in [-0.4, -0.2) is 25.3 Å². The first-order valence-electron chi connectivity index (χ1n) is 5.46. The van der Waals surface area contributed by atoms with Gasteiger partial charge >= 0.3 is 0 Å². The van der Waals surface area contributed by atoms with E-state index in [9.17, 15) is 8.42 Å². The Morgan fingerprint density at radius 2 is 2.16 bits per heavy atom. The minimum absolute atomic E-state index is 0.0698. The lowest BCUT2D eigenvalue weighted by atomic mass is 10.3. The summed E-state index contributed by atoms with van der Waals surface area (Å²) in [6.07, 6.45) is 3.24. The number of hydrogen-bond donors (Lipinski definition) is 0. The smallest absolute Gasteiger partial charge is 0.182 e. The molecule has 0 saturated heterocycles. The number of aryl methyl sites for hydroxylation is 1. The van der Waals surface area contributed by atoms with Gasteiger partial charge in [-0.2, -0.15) is 5.10 Å². The lowest BCUT2D eigenvalue weighted by Crippen LogP contribution is -2.04. The second kappa shape index (κ2) is 5.34. The summed E-state index contributed by atoms with van der Waals surface area (Å²) in [4.78, 5) is 0.254. The maximum Gasteiger partial charge on any atom is 0.182 e. The van der Waals surface area contributed by atoms with Crippen LogP contribution in [0, 0.1) is 0 Å². The van der Waals surface area contributed by atoms with Gasteiger partial charge in [0.15, 0.2) is 9.84 Å². The van der Waals surface area contributed by atoms with E-state index >= 15 is 0 Å². The van der Waals surface area contributed by atoms with Gasteiger partial charge in [-0.25, -0.2) is 8.42 Å². The van der Waals surface area contributed by atoms with E-state index in [4.69, 9.17) is 4.74 Å². The Morgan fingerprint density at radius 3 is 2.68 bits per heavy atom. The molecule has 0 amide bonds. The quantitative estimate of drug-likeness (QED) is 0.852. The van der Waals surface area contributed by atoms with E-state index in [1.54, 1.807) is 36.3 Å². The highest BCUT2D eigenvalue weighted by Gasteiger charge is 2.17. The molecule has 1 heterocycles. The Balaban J connectivity index is 2.31. The van der Waals surface area contributed by atoms with E-state index in [1.807, 2.05) is 0 Å². The molecule has 2 rings (SSSR count). The molecule has 2 aromatic rings. The molecule has 0 unspecified atom stereocenters. The zero-order valence-electron chi connectivity index (χ0n) is 10.5. The third kappa shape index (κ3) is 3.16. The molecule has 1 aromatic carbocycles. The Labute approximate surface area is 120 Å². The van der Waals surface area contributed by atoms with Gasteiger partial charge in [-0.05, 0) is 34.1 Å². The molecule has 7 heteroatoms. The predicted octanol–water partition coefficient (Wildman–Crippen LogP) is 2.17. The summed E-state index contributed by atoms with van der Waals surface area (Å²) in [5.74, 6) is 0.528. The minimum Gasteiger partial charge on any atom is -0.496 e. The van der Waals surface area contributed by atoms with Crippen LogP contribution in [0.2, 0.25) is 0 Å². The summed E-state index contributed by atoms with van der Waals surface area (Å²) in [5.41, 5.74) is 0.662. The van der Waals surface area contributed by atoms with Gasteiger partial charge < -0.3 is 4.74 Å². The molecule has 0 atom stereocenters. The van der Waals surface area contributed by atoms with E-state index in [0.29, 0.717) is 15.8 Å². The molecule has 1 aromatic heterocycles. The Morgan fingerprint density at radius 1 is 1.42 bits per heavy atom. The first-order valence-corrected chi connectivity index (χ1v) is 7.91. The highest BCUT2D eigenvalue weighted by Crippen LogP contribution is 2.28. The number of methoxy groups -OCH3 is 1. The van der Waals surface area contributed by atoms with E-state index in [2.05, 4.69) is 21.0 Å². The largest absolute Gasteiger partial charge is 0.496 e. The van der Waals surface area contributed by atoms with Crippen LogP contribution in [0.3, 0.4) is 0 Å². The molecule has 19 heavy (non-hydrogen) atoms. The fourth-order valence-corrected chi connectivity index (χ4v) is 3.71. The van der Waals surface area contributed by atoms with Gasteiger partial charge in [0.25, 0.3) is 0 Å². The Bertz CT molecular complexity index is 695. The second-order valence-corrected chi connectivity index (χ2v) is 6.92. The molecule has 0 radical (unpaired) electrons. The third-order valence-electron chi connectivity index (χ3n) is 2.60. The fourth-order valence-electron chi connectivity index (χ4n) is 1.69. The summed E-state index contributed by atoms with van der Waals surface area (Å²) < 4.78 is 31.8. The molecular formula is C12H13BrN2O3S. The molecule has 0 aliphatic carbocycles. The number of sulfone groups is 1. The van der Waals surface area contributed by atoms with Crippen LogP contribution in [0.1, 0.15) is 5.56 Å². The zero-order valence-corrected chi connectivity index (χ0v) is 12.9. The highest BCUT2D eigenvalue weighted by molar-refractivity contribution is 9.10. The standard InChI is InChI=1S/C12H13BrN2O3S/c1-15-7-9(6-14-15)8-19(16,17)10-3-4-12(18-2)11(13)5-10/h3-7H,8H2,1-2H3. The topological polar surface area (TPSA) is 61.2 Å². The number of benzene rings is 1. The normalized spacial score (nSPS) is 11.5. The maximum absolute atomic E-state index is 12.3. The lowest BCUT2D eigenvalue weighted by molar-refractivity contribution is 0.411. The molecule has 102 valence electrons. The molecule has 0 fully saturated rings. The van der Waals surface area contributed by atoms with Crippen molar-refractivity contribution in [3.63, 3.8) is 0 Å². The summed E-state index contributed by atoms with van der Waals surface area (Å²) in [6, 6.07) is 4.71. The van der Waals surface area contributed by atoms with Crippen molar-refractivity contribution < 1.29 is 13.2 Å². The molecule has 5 nitrogen and oxygen atoms in total. The van der Waals surface area contributed by atoms with Crippen molar-refractivity contribution in [1.29, 1.82) is 0 Å². The van der Waals surface area contributed by atoms with Crippen molar-refractivity contribution in [3.05, 3.63) is 40.6 Å². The number of nitrogens with zero attached hydrogens (tertiary/aromatic N) is 2. The fraction of sp³-hybridized carbons (Fsp3) is 0.250. The van der Waals surface area contributed by atoms with Gasteiger partial charge in [0.2, 0.25) is 0 Å². The molecule has 0 bridgehead atoms. The van der Waals surface area contributed by atoms with Gasteiger partial charge in [-0.1, -0.05) is 0 Å². The second-order valence-electron chi connectivity index (χ2n) is 4.08. The monoisotopic (exact) mass is 344 g/mol. The predicted molar refractivity (Wildman–Crippen MR) is 74.8 cm³/mol. The van der Waals surface area contributed by atoms with E-state index in [1.165, 1.54) is 13.2 Å². The van der Waals surface area contributed by atoms with Crippen molar-refractivity contribution in [2.75, 3.05) is 7.11 Å². The first-order chi connectivity index (χ1) is 8.92. The van der Waals surface area contributed by atoms with Gasteiger partial charge in [0.05, 0.1) is 28.4 Å². The maximum atomic E-state index is 12.3.